The van der Waals surface area contributed by atoms with Gasteiger partial charge in [-0.15, -0.1) is 5.10 Å². The van der Waals surface area contributed by atoms with Crippen LogP contribution >= 0.6 is 24.0 Å². The Labute approximate surface area is 159 Å². The van der Waals surface area contributed by atoms with Gasteiger partial charge in [0.2, 0.25) is 4.77 Å². The van der Waals surface area contributed by atoms with E-state index in [1.165, 1.54) is 4.90 Å². The molecule has 1 aromatic carbocycles. The summed E-state index contributed by atoms with van der Waals surface area (Å²) in [6, 6.07) is 10.6. The number of nitrogens with zero attached hydrogens (tertiary/aromatic N) is 4. The molecule has 0 aliphatic rings. The van der Waals surface area contributed by atoms with E-state index in [2.05, 4.69) is 10.1 Å². The van der Waals surface area contributed by atoms with Crippen LogP contribution in [0.15, 0.2) is 53.7 Å². The Kier molecular flexibility index (Phi) is 5.80. The first-order valence-electron chi connectivity index (χ1n) is 7.90. The number of aromatic nitrogens is 4. The summed E-state index contributed by atoms with van der Waals surface area (Å²) < 4.78 is 29.2. The van der Waals surface area contributed by atoms with Crippen LogP contribution in [-0.4, -0.2) is 39.2 Å². The van der Waals surface area contributed by atoms with Crippen LogP contribution in [-0.2, 0) is 6.67 Å². The van der Waals surface area contributed by atoms with Crippen molar-refractivity contribution < 1.29 is 13.7 Å². The number of halogens is 2. The lowest BCUT2D eigenvalue weighted by atomic mass is 10.2. The summed E-state index contributed by atoms with van der Waals surface area (Å²) in [5.41, 5.74) is 1.60. The second kappa shape index (κ2) is 8.07. The molecule has 0 atom stereocenters. The number of alkyl halides is 2. The van der Waals surface area contributed by atoms with Crippen molar-refractivity contribution in [3.8, 4) is 17.1 Å². The van der Waals surface area contributed by atoms with E-state index in [0.717, 1.165) is 11.3 Å². The molecule has 0 amide bonds. The van der Waals surface area contributed by atoms with Gasteiger partial charge in [-0.25, -0.2) is 0 Å². The Balaban J connectivity index is 2.10. The van der Waals surface area contributed by atoms with E-state index in [9.17, 15) is 8.78 Å². The van der Waals surface area contributed by atoms with Crippen molar-refractivity contribution in [1.82, 2.24) is 19.3 Å². The molecule has 3 aromatic rings. The topological polar surface area (TPSA) is 40.1 Å². The molecule has 0 aliphatic heterocycles. The summed E-state index contributed by atoms with van der Waals surface area (Å²) in [5.74, 6) is -1.78. The Morgan fingerprint density at radius 2 is 1.92 bits per heavy atom. The van der Waals surface area contributed by atoms with E-state index in [-0.39, 0.29) is 0 Å². The predicted molar refractivity (Wildman–Crippen MR) is 100 cm³/mol. The van der Waals surface area contributed by atoms with Crippen molar-refractivity contribution in [3.05, 3.63) is 53.6 Å². The molecule has 0 saturated heterocycles. The summed E-state index contributed by atoms with van der Waals surface area (Å²) in [7, 11) is 4.03. The third kappa shape index (κ3) is 4.17. The molecule has 0 radical (unpaired) electrons. The van der Waals surface area contributed by atoms with Gasteiger partial charge in [-0.3, -0.25) is 9.55 Å². The molecular weight excluding hydrogens is 376 g/mol. The zero-order valence-electron chi connectivity index (χ0n) is 14.3. The summed E-state index contributed by atoms with van der Waals surface area (Å²) in [4.78, 5) is 5.83. The minimum absolute atomic E-state index is 0.503. The minimum Gasteiger partial charge on any atom is -0.321 e. The van der Waals surface area contributed by atoms with Crippen molar-refractivity contribution in [2.75, 3.05) is 14.1 Å². The van der Waals surface area contributed by atoms with Gasteiger partial charge in [-0.2, -0.15) is 13.5 Å². The van der Waals surface area contributed by atoms with Crippen LogP contribution in [0.1, 0.15) is 0 Å². The fourth-order valence-corrected chi connectivity index (χ4v) is 3.30. The van der Waals surface area contributed by atoms with Crippen LogP contribution in [0, 0.1) is 4.77 Å². The van der Waals surface area contributed by atoms with Gasteiger partial charge in [0.05, 0.1) is 19.8 Å². The van der Waals surface area contributed by atoms with Crippen LogP contribution in [0.2, 0.25) is 0 Å². The Morgan fingerprint density at radius 1 is 1.19 bits per heavy atom. The molecule has 2 heterocycles. The average Bonchev–Trinajstić information content (AvgIpc) is 2.92. The summed E-state index contributed by atoms with van der Waals surface area (Å²) in [6.07, 6.45) is 3.42. The van der Waals surface area contributed by atoms with E-state index < -0.39 is 5.76 Å². The van der Waals surface area contributed by atoms with Gasteiger partial charge in [-0.1, -0.05) is 11.8 Å². The van der Waals surface area contributed by atoms with Crippen LogP contribution < -0.4 is 4.90 Å². The standard InChI is InChI=1S/C17H17F2N5S2/c1-22(2)11-23-17(25)24(15(21-23)12-4-3-9-20-10-12)13-5-7-14(8-6-13)26-16(18)19/h3-10,16H,11H2,1-2H3/p+1. The first kappa shape index (κ1) is 18.7. The van der Waals surface area contributed by atoms with E-state index in [0.29, 0.717) is 33.9 Å². The molecule has 0 aliphatic carbocycles. The Hall–Kier alpha value is -2.10. The number of quaternary nitrogens is 1. The van der Waals surface area contributed by atoms with Gasteiger partial charge in [0.15, 0.2) is 12.5 Å². The fraction of sp³-hybridized carbons (Fsp3) is 0.235. The smallest absolute Gasteiger partial charge is 0.288 e. The molecule has 3 rings (SSSR count). The first-order valence-corrected chi connectivity index (χ1v) is 9.19. The highest BCUT2D eigenvalue weighted by Crippen LogP contribution is 2.27. The highest BCUT2D eigenvalue weighted by atomic mass is 32.2. The van der Waals surface area contributed by atoms with Crippen molar-refractivity contribution in [2.24, 2.45) is 0 Å². The zero-order chi connectivity index (χ0) is 18.7. The molecule has 0 unspecified atom stereocenters. The molecule has 0 saturated carbocycles. The molecule has 136 valence electrons. The number of nitrogens with one attached hydrogen (secondary N) is 1. The first-order chi connectivity index (χ1) is 12.5. The normalized spacial score (nSPS) is 11.5. The Bertz CT molecular complexity index is 921. The maximum absolute atomic E-state index is 12.5. The lowest BCUT2D eigenvalue weighted by Crippen LogP contribution is -3.05. The molecular formula is C17H18F2N5S2+. The quantitative estimate of drug-likeness (QED) is 0.516. The predicted octanol–water partition coefficient (Wildman–Crippen LogP) is 2.88. The molecule has 26 heavy (non-hydrogen) atoms. The van der Waals surface area contributed by atoms with Gasteiger partial charge in [0, 0.05) is 22.9 Å². The number of pyridine rings is 1. The third-order valence-corrected chi connectivity index (χ3v) is 4.66. The summed E-state index contributed by atoms with van der Waals surface area (Å²) in [5, 5.41) is 4.66. The second-order valence-corrected chi connectivity index (χ2v) is 7.35. The third-order valence-electron chi connectivity index (χ3n) is 3.55. The fourth-order valence-electron chi connectivity index (χ4n) is 2.50. The van der Waals surface area contributed by atoms with Gasteiger partial charge >= 0.3 is 0 Å². The largest absolute Gasteiger partial charge is 0.321 e. The summed E-state index contributed by atoms with van der Waals surface area (Å²) >= 11 is 6.14. The second-order valence-electron chi connectivity index (χ2n) is 5.92. The van der Waals surface area contributed by atoms with Crippen LogP contribution in [0.25, 0.3) is 17.1 Å². The molecule has 0 bridgehead atoms. The number of thioether (sulfide) groups is 1. The van der Waals surface area contributed by atoms with E-state index in [1.54, 1.807) is 41.3 Å². The van der Waals surface area contributed by atoms with Crippen molar-refractivity contribution in [1.29, 1.82) is 0 Å². The SMILES string of the molecule is C[NH+](C)Cn1nc(-c2cccnc2)n(-c2ccc(SC(F)F)cc2)c1=S. The van der Waals surface area contributed by atoms with Crippen LogP contribution in [0.3, 0.4) is 0 Å². The molecule has 5 nitrogen and oxygen atoms in total. The maximum Gasteiger partial charge on any atom is 0.288 e. The summed E-state index contributed by atoms with van der Waals surface area (Å²) in [6.45, 7) is 0.610. The zero-order valence-corrected chi connectivity index (χ0v) is 15.9. The Morgan fingerprint density at radius 3 is 2.50 bits per heavy atom. The van der Waals surface area contributed by atoms with E-state index in [4.69, 9.17) is 12.2 Å². The van der Waals surface area contributed by atoms with Crippen LogP contribution in [0.4, 0.5) is 8.78 Å². The highest BCUT2D eigenvalue weighted by Gasteiger charge is 2.16. The number of hydrogen-bond donors (Lipinski definition) is 1. The number of hydrogen-bond acceptors (Lipinski definition) is 4. The molecule has 2 aromatic heterocycles. The van der Waals surface area contributed by atoms with Crippen LogP contribution in [0.5, 0.6) is 0 Å². The van der Waals surface area contributed by atoms with Gasteiger partial charge < -0.3 is 4.90 Å². The number of benzene rings is 1. The van der Waals surface area contributed by atoms with Gasteiger partial charge in [0.1, 0.15) is 0 Å². The molecule has 0 fully saturated rings. The molecule has 0 spiro atoms. The highest BCUT2D eigenvalue weighted by molar-refractivity contribution is 7.99. The maximum atomic E-state index is 12.5. The van der Waals surface area contributed by atoms with E-state index >= 15 is 0 Å². The molecule has 9 heteroatoms. The lowest BCUT2D eigenvalue weighted by molar-refractivity contribution is -0.883. The average molecular weight is 394 g/mol. The number of rotatable bonds is 6. The van der Waals surface area contributed by atoms with Gasteiger partial charge in [-0.05, 0) is 48.6 Å². The lowest BCUT2D eigenvalue weighted by Gasteiger charge is -2.08. The minimum atomic E-state index is -2.44. The monoisotopic (exact) mass is 394 g/mol. The van der Waals surface area contributed by atoms with Crippen molar-refractivity contribution in [3.63, 3.8) is 0 Å². The van der Waals surface area contributed by atoms with Gasteiger partial charge in [0.25, 0.3) is 5.76 Å². The van der Waals surface area contributed by atoms with Crippen molar-refractivity contribution in [2.45, 2.75) is 17.3 Å². The van der Waals surface area contributed by atoms with Crippen molar-refractivity contribution >= 4 is 24.0 Å². The molecule has 1 N–H and O–H groups in total. The van der Waals surface area contributed by atoms with E-state index in [1.807, 2.05) is 30.8 Å².